The molecule has 0 aromatic heterocycles. The topological polar surface area (TPSA) is 80.7 Å². The van der Waals surface area contributed by atoms with Crippen LogP contribution in [0.5, 0.6) is 0 Å². The minimum absolute atomic E-state index is 0.0382. The molecule has 2 aliphatic rings. The van der Waals surface area contributed by atoms with Gasteiger partial charge in [0, 0.05) is 11.5 Å². The predicted octanol–water partition coefficient (Wildman–Crippen LogP) is 1.87. The molecule has 1 aliphatic heterocycles. The Morgan fingerprint density at radius 3 is 2.25 bits per heavy atom. The Kier molecular flexibility index (Phi) is 2.93. The van der Waals surface area contributed by atoms with E-state index >= 15 is 0 Å². The number of carbonyl (C=O) groups excluding carboxylic acids is 2. The summed E-state index contributed by atoms with van der Waals surface area (Å²) in [5.74, 6) is -1.15. The van der Waals surface area contributed by atoms with Gasteiger partial charge >= 0.3 is 5.97 Å². The second-order valence-corrected chi connectivity index (χ2v) is 6.30. The average Bonchev–Trinajstić information content (AvgIpc) is 2.70. The first-order valence-corrected chi connectivity index (χ1v) is 6.44. The summed E-state index contributed by atoms with van der Waals surface area (Å²) in [5, 5.41) is 8.89. The second-order valence-electron chi connectivity index (χ2n) is 6.30. The maximum absolute atomic E-state index is 12.1. The summed E-state index contributed by atoms with van der Waals surface area (Å²) >= 11 is 0. The SMILES string of the molecule is CC1(C)C(=O)C=C[C@]1(C)C1=CC(=O)[C@@](C)(CC(=O)O)O1. The highest BCUT2D eigenvalue weighted by atomic mass is 16.5. The first-order chi connectivity index (χ1) is 9.03. The summed E-state index contributed by atoms with van der Waals surface area (Å²) < 4.78 is 5.67. The number of ether oxygens (including phenoxy) is 1. The molecule has 1 aliphatic carbocycles. The molecule has 5 heteroatoms. The van der Waals surface area contributed by atoms with Crippen LogP contribution >= 0.6 is 0 Å². The molecule has 2 rings (SSSR count). The van der Waals surface area contributed by atoms with Gasteiger partial charge in [-0.1, -0.05) is 19.9 Å². The van der Waals surface area contributed by atoms with Gasteiger partial charge in [0.1, 0.15) is 5.76 Å². The third kappa shape index (κ3) is 1.80. The molecule has 0 radical (unpaired) electrons. The Morgan fingerprint density at radius 2 is 1.80 bits per heavy atom. The van der Waals surface area contributed by atoms with Gasteiger partial charge in [-0.05, 0) is 19.9 Å². The van der Waals surface area contributed by atoms with Crippen LogP contribution in [0, 0.1) is 10.8 Å². The van der Waals surface area contributed by atoms with Gasteiger partial charge in [-0.25, -0.2) is 0 Å². The smallest absolute Gasteiger partial charge is 0.307 e. The van der Waals surface area contributed by atoms with Crippen LogP contribution in [-0.2, 0) is 19.1 Å². The molecular weight excluding hydrogens is 260 g/mol. The van der Waals surface area contributed by atoms with Crippen LogP contribution in [0.2, 0.25) is 0 Å². The number of carboxylic acids is 1. The molecular formula is C15H18O5. The van der Waals surface area contributed by atoms with Crippen LogP contribution < -0.4 is 0 Å². The van der Waals surface area contributed by atoms with E-state index in [-0.39, 0.29) is 11.6 Å². The Morgan fingerprint density at radius 1 is 1.20 bits per heavy atom. The van der Waals surface area contributed by atoms with Crippen molar-refractivity contribution in [1.82, 2.24) is 0 Å². The fourth-order valence-corrected chi connectivity index (χ4v) is 2.57. The molecule has 1 N–H and O–H groups in total. The van der Waals surface area contributed by atoms with Crippen molar-refractivity contribution >= 4 is 17.5 Å². The van der Waals surface area contributed by atoms with Gasteiger partial charge in [0.25, 0.3) is 0 Å². The minimum Gasteiger partial charge on any atom is -0.482 e. The van der Waals surface area contributed by atoms with E-state index in [1.807, 2.05) is 6.92 Å². The molecule has 0 saturated heterocycles. The van der Waals surface area contributed by atoms with Gasteiger partial charge in [-0.2, -0.15) is 0 Å². The highest BCUT2D eigenvalue weighted by Gasteiger charge is 2.55. The summed E-state index contributed by atoms with van der Waals surface area (Å²) in [4.78, 5) is 34.9. The van der Waals surface area contributed by atoms with Gasteiger partial charge in [0.2, 0.25) is 5.78 Å². The van der Waals surface area contributed by atoms with Crippen molar-refractivity contribution in [2.24, 2.45) is 10.8 Å². The molecule has 5 nitrogen and oxygen atoms in total. The van der Waals surface area contributed by atoms with Gasteiger partial charge < -0.3 is 9.84 Å². The van der Waals surface area contributed by atoms with Gasteiger partial charge in [-0.15, -0.1) is 0 Å². The lowest BCUT2D eigenvalue weighted by Crippen LogP contribution is -2.40. The Bertz CT molecular complexity index is 569. The van der Waals surface area contributed by atoms with E-state index in [1.54, 1.807) is 19.9 Å². The molecule has 0 spiro atoms. The maximum Gasteiger partial charge on any atom is 0.307 e. The number of ketones is 2. The average molecular weight is 278 g/mol. The number of carbonyl (C=O) groups is 3. The summed E-state index contributed by atoms with van der Waals surface area (Å²) in [5.41, 5.74) is -2.86. The zero-order valence-electron chi connectivity index (χ0n) is 12.0. The van der Waals surface area contributed by atoms with Crippen molar-refractivity contribution in [1.29, 1.82) is 0 Å². The molecule has 0 unspecified atom stereocenters. The third-order valence-corrected chi connectivity index (χ3v) is 4.60. The van der Waals surface area contributed by atoms with Gasteiger partial charge in [-0.3, -0.25) is 14.4 Å². The minimum atomic E-state index is -1.39. The Hall–Kier alpha value is -1.91. The molecule has 108 valence electrons. The fourth-order valence-electron chi connectivity index (χ4n) is 2.57. The van der Waals surface area contributed by atoms with E-state index in [1.165, 1.54) is 19.1 Å². The monoisotopic (exact) mass is 278 g/mol. The van der Waals surface area contributed by atoms with E-state index in [0.29, 0.717) is 5.76 Å². The molecule has 0 fully saturated rings. The zero-order valence-corrected chi connectivity index (χ0v) is 12.0. The lowest BCUT2D eigenvalue weighted by molar-refractivity contribution is -0.148. The Labute approximate surface area is 117 Å². The van der Waals surface area contributed by atoms with Crippen molar-refractivity contribution in [3.05, 3.63) is 24.0 Å². The first kappa shape index (κ1) is 14.5. The number of rotatable bonds is 3. The number of hydrogen-bond acceptors (Lipinski definition) is 4. The lowest BCUT2D eigenvalue weighted by atomic mass is 9.67. The normalized spacial score (nSPS) is 35.1. The fraction of sp³-hybridized carbons (Fsp3) is 0.533. The van der Waals surface area contributed by atoms with Crippen LogP contribution in [0.1, 0.15) is 34.1 Å². The molecule has 1 heterocycles. The van der Waals surface area contributed by atoms with Crippen molar-refractivity contribution in [2.75, 3.05) is 0 Å². The summed E-state index contributed by atoms with van der Waals surface area (Å²) in [7, 11) is 0. The molecule has 0 aromatic rings. The maximum atomic E-state index is 12.1. The number of carboxylic acid groups (broad SMARTS) is 1. The van der Waals surface area contributed by atoms with Crippen LogP contribution in [-0.4, -0.2) is 28.2 Å². The van der Waals surface area contributed by atoms with E-state index in [9.17, 15) is 14.4 Å². The number of aliphatic carboxylic acids is 1. The summed E-state index contributed by atoms with van der Waals surface area (Å²) in [6.45, 7) is 6.86. The second kappa shape index (κ2) is 4.04. The largest absolute Gasteiger partial charge is 0.482 e. The first-order valence-electron chi connectivity index (χ1n) is 6.44. The standard InChI is InChI=1S/C15H18O5/c1-13(2)9(16)5-6-14(13,3)11-7-10(17)15(4,20-11)8-12(18)19/h5-7H,8H2,1-4H3,(H,18,19)/t14-,15-/m1/s1. The summed E-state index contributed by atoms with van der Waals surface area (Å²) in [6, 6.07) is 0. The molecule has 0 saturated carbocycles. The van der Waals surface area contributed by atoms with Crippen molar-refractivity contribution < 1.29 is 24.2 Å². The lowest BCUT2D eigenvalue weighted by Gasteiger charge is -2.38. The Balaban J connectivity index is 2.36. The predicted molar refractivity (Wildman–Crippen MR) is 70.9 cm³/mol. The molecule has 0 bridgehead atoms. The number of allylic oxidation sites excluding steroid dienone is 2. The quantitative estimate of drug-likeness (QED) is 0.852. The highest BCUT2D eigenvalue weighted by Crippen LogP contribution is 2.53. The van der Waals surface area contributed by atoms with Gasteiger partial charge in [0.15, 0.2) is 11.4 Å². The van der Waals surface area contributed by atoms with Crippen LogP contribution in [0.25, 0.3) is 0 Å². The van der Waals surface area contributed by atoms with Crippen LogP contribution in [0.3, 0.4) is 0 Å². The van der Waals surface area contributed by atoms with Crippen LogP contribution in [0.15, 0.2) is 24.0 Å². The van der Waals surface area contributed by atoms with E-state index in [2.05, 4.69) is 0 Å². The zero-order chi connectivity index (χ0) is 15.3. The van der Waals surface area contributed by atoms with Crippen molar-refractivity contribution in [3.63, 3.8) is 0 Å². The molecule has 20 heavy (non-hydrogen) atoms. The van der Waals surface area contributed by atoms with E-state index in [0.717, 1.165) is 0 Å². The van der Waals surface area contributed by atoms with Crippen molar-refractivity contribution in [3.8, 4) is 0 Å². The van der Waals surface area contributed by atoms with E-state index < -0.39 is 28.8 Å². The highest BCUT2D eigenvalue weighted by molar-refractivity contribution is 6.03. The molecule has 0 aromatic carbocycles. The van der Waals surface area contributed by atoms with E-state index in [4.69, 9.17) is 9.84 Å². The van der Waals surface area contributed by atoms with Crippen LogP contribution in [0.4, 0.5) is 0 Å². The third-order valence-electron chi connectivity index (χ3n) is 4.60. The number of hydrogen-bond donors (Lipinski definition) is 1. The molecule has 0 amide bonds. The van der Waals surface area contributed by atoms with Gasteiger partial charge in [0.05, 0.1) is 11.8 Å². The molecule has 2 atom stereocenters. The summed E-state index contributed by atoms with van der Waals surface area (Å²) in [6.07, 6.45) is 4.14. The van der Waals surface area contributed by atoms with Crippen molar-refractivity contribution in [2.45, 2.75) is 39.7 Å².